The number of hydrogen-bond acceptors (Lipinski definition) is 1. The van der Waals surface area contributed by atoms with Crippen LogP contribution in [0, 0.1) is 11.9 Å². The number of rotatable bonds is 2. The van der Waals surface area contributed by atoms with E-state index in [1.807, 2.05) is 0 Å². The molecule has 0 spiro atoms. The Balaban J connectivity index is 2.32. The Bertz CT molecular complexity index is 439. The van der Waals surface area contributed by atoms with Crippen molar-refractivity contribution >= 4 is 0 Å². The molecule has 0 heterocycles. The van der Waals surface area contributed by atoms with E-state index in [0.717, 1.165) is 5.56 Å². The maximum absolute atomic E-state index is 12.9. The Hall–Kier alpha value is -1.67. The van der Waals surface area contributed by atoms with Crippen LogP contribution in [0.5, 0.6) is 0 Å². The van der Waals surface area contributed by atoms with Crippen LogP contribution in [0.4, 0.5) is 4.39 Å². The van der Waals surface area contributed by atoms with Gasteiger partial charge in [-0.05, 0) is 29.3 Å². The maximum atomic E-state index is 12.9. The fraction of sp³-hybridized carbons (Fsp3) is 0.0769. The van der Waals surface area contributed by atoms with E-state index in [4.69, 9.17) is 0 Å². The van der Waals surface area contributed by atoms with Gasteiger partial charge in [-0.15, -0.1) is 0 Å². The van der Waals surface area contributed by atoms with Crippen LogP contribution in [0.3, 0.4) is 0 Å². The van der Waals surface area contributed by atoms with Gasteiger partial charge in [-0.3, -0.25) is 0 Å². The van der Waals surface area contributed by atoms with Crippen molar-refractivity contribution in [3.8, 4) is 0 Å². The van der Waals surface area contributed by atoms with Crippen LogP contribution >= 0.6 is 0 Å². The Morgan fingerprint density at radius 3 is 2.47 bits per heavy atom. The van der Waals surface area contributed by atoms with E-state index in [1.54, 1.807) is 36.4 Å². The molecule has 75 valence electrons. The van der Waals surface area contributed by atoms with Crippen LogP contribution in [0.25, 0.3) is 0 Å². The van der Waals surface area contributed by atoms with E-state index >= 15 is 0 Å². The third-order valence-electron chi connectivity index (χ3n) is 2.22. The lowest BCUT2D eigenvalue weighted by Crippen LogP contribution is -1.99. The molecule has 0 saturated carbocycles. The molecule has 1 unspecified atom stereocenters. The topological polar surface area (TPSA) is 20.2 Å². The van der Waals surface area contributed by atoms with Gasteiger partial charge in [0.15, 0.2) is 0 Å². The lowest BCUT2D eigenvalue weighted by atomic mass is 10.0. The summed E-state index contributed by atoms with van der Waals surface area (Å²) in [6, 6.07) is 15.8. The van der Waals surface area contributed by atoms with Crippen LogP contribution in [-0.4, -0.2) is 5.11 Å². The number of aliphatic hydroxyl groups is 1. The summed E-state index contributed by atoms with van der Waals surface area (Å²) in [7, 11) is 0. The first-order valence-electron chi connectivity index (χ1n) is 4.67. The van der Waals surface area contributed by atoms with Gasteiger partial charge in [0.25, 0.3) is 0 Å². The highest BCUT2D eigenvalue weighted by Crippen LogP contribution is 2.21. The number of benzene rings is 2. The monoisotopic (exact) mass is 201 g/mol. The van der Waals surface area contributed by atoms with Gasteiger partial charge in [0.2, 0.25) is 0 Å². The minimum atomic E-state index is -0.782. The lowest BCUT2D eigenvalue weighted by Gasteiger charge is -2.10. The Morgan fingerprint density at radius 2 is 1.80 bits per heavy atom. The van der Waals surface area contributed by atoms with E-state index in [9.17, 15) is 9.50 Å². The molecule has 1 nitrogen and oxygen atoms in total. The van der Waals surface area contributed by atoms with Crippen LogP contribution in [0.2, 0.25) is 0 Å². The molecule has 0 aliphatic heterocycles. The molecular formula is C13H10FO. The van der Waals surface area contributed by atoms with E-state index in [-0.39, 0.29) is 5.82 Å². The summed E-state index contributed by atoms with van der Waals surface area (Å²) in [5.74, 6) is -0.339. The maximum Gasteiger partial charge on any atom is 0.123 e. The van der Waals surface area contributed by atoms with Crippen LogP contribution in [0.15, 0.2) is 48.5 Å². The van der Waals surface area contributed by atoms with Crippen molar-refractivity contribution in [3.05, 3.63) is 71.5 Å². The summed E-state index contributed by atoms with van der Waals surface area (Å²) < 4.78 is 12.9. The zero-order valence-electron chi connectivity index (χ0n) is 8.02. The second-order valence-corrected chi connectivity index (χ2v) is 3.29. The first-order chi connectivity index (χ1) is 7.27. The average molecular weight is 201 g/mol. The third-order valence-corrected chi connectivity index (χ3v) is 2.22. The SMILES string of the molecule is OC(c1cc[c]cc1)c1cccc(F)c1. The Kier molecular flexibility index (Phi) is 2.79. The molecule has 2 heteroatoms. The van der Waals surface area contributed by atoms with Crippen molar-refractivity contribution < 1.29 is 9.50 Å². The summed E-state index contributed by atoms with van der Waals surface area (Å²) in [5, 5.41) is 9.94. The molecular weight excluding hydrogens is 191 g/mol. The highest BCUT2D eigenvalue weighted by Gasteiger charge is 2.09. The smallest absolute Gasteiger partial charge is 0.123 e. The minimum absolute atomic E-state index is 0.339. The van der Waals surface area contributed by atoms with Gasteiger partial charge in [0.05, 0.1) is 0 Å². The molecule has 2 rings (SSSR count). The van der Waals surface area contributed by atoms with Crippen molar-refractivity contribution in [1.29, 1.82) is 0 Å². The predicted molar refractivity (Wildman–Crippen MR) is 55.7 cm³/mol. The first-order valence-corrected chi connectivity index (χ1v) is 4.67. The molecule has 0 amide bonds. The second-order valence-electron chi connectivity index (χ2n) is 3.29. The van der Waals surface area contributed by atoms with Crippen LogP contribution < -0.4 is 0 Å². The zero-order chi connectivity index (χ0) is 10.7. The number of halogens is 1. The fourth-order valence-corrected chi connectivity index (χ4v) is 1.45. The molecule has 2 aromatic rings. The second kappa shape index (κ2) is 4.24. The molecule has 1 N–H and O–H groups in total. The van der Waals surface area contributed by atoms with Gasteiger partial charge in [0, 0.05) is 0 Å². The molecule has 0 aliphatic carbocycles. The summed E-state index contributed by atoms with van der Waals surface area (Å²) in [4.78, 5) is 0. The lowest BCUT2D eigenvalue weighted by molar-refractivity contribution is 0.220. The largest absolute Gasteiger partial charge is 0.384 e. The van der Waals surface area contributed by atoms with Gasteiger partial charge in [-0.1, -0.05) is 36.4 Å². The van der Waals surface area contributed by atoms with Gasteiger partial charge in [-0.2, -0.15) is 0 Å². The number of aliphatic hydroxyl groups excluding tert-OH is 1. The Morgan fingerprint density at radius 1 is 1.07 bits per heavy atom. The highest BCUT2D eigenvalue weighted by atomic mass is 19.1. The summed E-state index contributed by atoms with van der Waals surface area (Å²) in [6.45, 7) is 0. The molecule has 0 aromatic heterocycles. The summed E-state index contributed by atoms with van der Waals surface area (Å²) in [6.07, 6.45) is -0.782. The van der Waals surface area contributed by atoms with Crippen molar-refractivity contribution in [3.63, 3.8) is 0 Å². The molecule has 1 radical (unpaired) electrons. The van der Waals surface area contributed by atoms with Gasteiger partial charge in [-0.25, -0.2) is 4.39 Å². The molecule has 15 heavy (non-hydrogen) atoms. The van der Waals surface area contributed by atoms with Gasteiger partial charge >= 0.3 is 0 Å². The molecule has 2 aromatic carbocycles. The molecule has 0 saturated heterocycles. The van der Waals surface area contributed by atoms with Crippen molar-refractivity contribution in [1.82, 2.24) is 0 Å². The van der Waals surface area contributed by atoms with Gasteiger partial charge < -0.3 is 5.11 Å². The quantitative estimate of drug-likeness (QED) is 0.792. The molecule has 0 aliphatic rings. The van der Waals surface area contributed by atoms with Crippen molar-refractivity contribution in [2.24, 2.45) is 0 Å². The predicted octanol–water partition coefficient (Wildman–Crippen LogP) is 2.71. The fourth-order valence-electron chi connectivity index (χ4n) is 1.45. The normalized spacial score (nSPS) is 12.4. The van der Waals surface area contributed by atoms with E-state index in [0.29, 0.717) is 5.56 Å². The molecule has 0 fully saturated rings. The van der Waals surface area contributed by atoms with E-state index in [1.165, 1.54) is 12.1 Å². The first kappa shape index (κ1) is 9.87. The molecule has 1 atom stereocenters. The van der Waals surface area contributed by atoms with E-state index in [2.05, 4.69) is 6.07 Å². The zero-order valence-corrected chi connectivity index (χ0v) is 8.02. The van der Waals surface area contributed by atoms with Crippen molar-refractivity contribution in [2.45, 2.75) is 6.10 Å². The van der Waals surface area contributed by atoms with Crippen molar-refractivity contribution in [2.75, 3.05) is 0 Å². The molecule has 0 bridgehead atoms. The minimum Gasteiger partial charge on any atom is -0.384 e. The Labute approximate surface area is 87.8 Å². The van der Waals surface area contributed by atoms with Crippen LogP contribution in [0.1, 0.15) is 17.2 Å². The van der Waals surface area contributed by atoms with E-state index < -0.39 is 6.10 Å². The summed E-state index contributed by atoms with van der Waals surface area (Å²) >= 11 is 0. The number of hydrogen-bond donors (Lipinski definition) is 1. The highest BCUT2D eigenvalue weighted by molar-refractivity contribution is 5.29. The average Bonchev–Trinajstić information content (AvgIpc) is 2.29. The standard InChI is InChI=1S/C13H10FO/c14-12-8-4-7-11(9-12)13(15)10-5-2-1-3-6-10/h2-9,13,15H. The third kappa shape index (κ3) is 2.22. The van der Waals surface area contributed by atoms with Crippen LogP contribution in [-0.2, 0) is 0 Å². The summed E-state index contributed by atoms with van der Waals surface area (Å²) in [5.41, 5.74) is 1.29. The van der Waals surface area contributed by atoms with Gasteiger partial charge in [0.1, 0.15) is 11.9 Å².